The van der Waals surface area contributed by atoms with Gasteiger partial charge in [0.05, 0.1) is 0 Å². The highest BCUT2D eigenvalue weighted by atomic mass is 15.2. The largest absolute Gasteiger partial charge is 0.370 e. The van der Waals surface area contributed by atoms with Crippen LogP contribution in [0.15, 0.2) is 18.3 Å². The molecule has 4 heteroatoms. The summed E-state index contributed by atoms with van der Waals surface area (Å²) in [5.74, 6) is 0.979. The van der Waals surface area contributed by atoms with Crippen LogP contribution in [0.1, 0.15) is 13.3 Å². The van der Waals surface area contributed by atoms with Crippen molar-refractivity contribution in [2.75, 3.05) is 36.9 Å². The lowest BCUT2D eigenvalue weighted by Crippen LogP contribution is -2.57. The summed E-state index contributed by atoms with van der Waals surface area (Å²) in [5.41, 5.74) is 1.26. The van der Waals surface area contributed by atoms with E-state index in [0.717, 1.165) is 31.9 Å². The number of anilines is 2. The van der Waals surface area contributed by atoms with E-state index in [1.165, 1.54) is 5.69 Å². The van der Waals surface area contributed by atoms with Crippen molar-refractivity contribution < 1.29 is 0 Å². The Balaban J connectivity index is 1.94. The predicted octanol–water partition coefficient (Wildman–Crippen LogP) is 1.31. The minimum atomic E-state index is 0.639. The molecule has 2 heterocycles. The third-order valence-electron chi connectivity index (χ3n) is 2.95. The first-order chi connectivity index (χ1) is 7.83. The van der Waals surface area contributed by atoms with Crippen LogP contribution in [0.2, 0.25) is 0 Å². The van der Waals surface area contributed by atoms with Crippen LogP contribution in [-0.4, -0.2) is 37.7 Å². The minimum absolute atomic E-state index is 0.639. The third-order valence-corrected chi connectivity index (χ3v) is 2.95. The van der Waals surface area contributed by atoms with E-state index in [2.05, 4.69) is 39.6 Å². The summed E-state index contributed by atoms with van der Waals surface area (Å²) in [4.78, 5) is 6.66. The van der Waals surface area contributed by atoms with Gasteiger partial charge in [0.15, 0.2) is 0 Å². The maximum absolute atomic E-state index is 4.30. The molecule has 0 radical (unpaired) electrons. The molecule has 2 rings (SSSR count). The van der Waals surface area contributed by atoms with Crippen molar-refractivity contribution in [2.45, 2.75) is 19.4 Å². The van der Waals surface area contributed by atoms with E-state index in [0.29, 0.717) is 6.04 Å². The van der Waals surface area contributed by atoms with Gasteiger partial charge < -0.3 is 15.5 Å². The molecule has 1 aromatic heterocycles. The summed E-state index contributed by atoms with van der Waals surface area (Å²) in [7, 11) is 2.02. The first-order valence-corrected chi connectivity index (χ1v) is 5.95. The Kier molecular flexibility index (Phi) is 3.62. The maximum Gasteiger partial charge on any atom is 0.127 e. The van der Waals surface area contributed by atoms with Gasteiger partial charge in [0.1, 0.15) is 5.82 Å². The van der Waals surface area contributed by atoms with Crippen LogP contribution in [0.3, 0.4) is 0 Å². The second kappa shape index (κ2) is 5.16. The maximum atomic E-state index is 4.30. The summed E-state index contributed by atoms with van der Waals surface area (Å²) in [6.45, 7) is 5.32. The second-order valence-corrected chi connectivity index (χ2v) is 4.22. The van der Waals surface area contributed by atoms with Gasteiger partial charge in [-0.05, 0) is 19.5 Å². The zero-order chi connectivity index (χ0) is 11.4. The molecule has 1 saturated heterocycles. The van der Waals surface area contributed by atoms with Gasteiger partial charge in [0.2, 0.25) is 0 Å². The monoisotopic (exact) mass is 220 g/mol. The molecule has 0 bridgehead atoms. The van der Waals surface area contributed by atoms with Crippen molar-refractivity contribution in [1.29, 1.82) is 0 Å². The normalized spacial score (nSPS) is 16.0. The van der Waals surface area contributed by atoms with E-state index in [9.17, 15) is 0 Å². The van der Waals surface area contributed by atoms with Gasteiger partial charge >= 0.3 is 0 Å². The standard InChI is InChI=1S/C12H20N4/c1-3-5-14-12-7-11(4-6-15-12)16-8-10(9-16)13-2/h4,6-7,10,13H,3,5,8-9H2,1-2H3,(H,14,15). The summed E-state index contributed by atoms with van der Waals surface area (Å²) >= 11 is 0. The molecular weight excluding hydrogens is 200 g/mol. The fourth-order valence-electron chi connectivity index (χ4n) is 1.84. The molecule has 16 heavy (non-hydrogen) atoms. The third kappa shape index (κ3) is 2.44. The van der Waals surface area contributed by atoms with E-state index in [1.54, 1.807) is 0 Å². The molecule has 1 aliphatic rings. The molecule has 0 amide bonds. The molecule has 88 valence electrons. The van der Waals surface area contributed by atoms with E-state index >= 15 is 0 Å². The summed E-state index contributed by atoms with van der Waals surface area (Å²) < 4.78 is 0. The van der Waals surface area contributed by atoms with Crippen LogP contribution >= 0.6 is 0 Å². The predicted molar refractivity (Wildman–Crippen MR) is 68.1 cm³/mol. The van der Waals surface area contributed by atoms with Crippen LogP contribution in [0, 0.1) is 0 Å². The SMILES string of the molecule is CCCNc1cc(N2CC(NC)C2)ccn1. The zero-order valence-corrected chi connectivity index (χ0v) is 10.0. The van der Waals surface area contributed by atoms with Crippen molar-refractivity contribution in [3.8, 4) is 0 Å². The van der Waals surface area contributed by atoms with Crippen LogP contribution in [0.5, 0.6) is 0 Å². The quantitative estimate of drug-likeness (QED) is 0.785. The van der Waals surface area contributed by atoms with Gasteiger partial charge in [-0.25, -0.2) is 4.98 Å². The zero-order valence-electron chi connectivity index (χ0n) is 10.0. The molecule has 0 aromatic carbocycles. The Morgan fingerprint density at radius 2 is 2.31 bits per heavy atom. The molecule has 0 saturated carbocycles. The molecule has 4 nitrogen and oxygen atoms in total. The average Bonchev–Trinajstić information content (AvgIpc) is 2.26. The summed E-state index contributed by atoms with van der Waals surface area (Å²) in [6, 6.07) is 4.84. The van der Waals surface area contributed by atoms with Crippen LogP contribution in [-0.2, 0) is 0 Å². The van der Waals surface area contributed by atoms with E-state index < -0.39 is 0 Å². The van der Waals surface area contributed by atoms with Crippen LogP contribution in [0.25, 0.3) is 0 Å². The Labute approximate surface area is 97.1 Å². The number of nitrogens with zero attached hydrogens (tertiary/aromatic N) is 2. The highest BCUT2D eigenvalue weighted by molar-refractivity contribution is 5.55. The van der Waals surface area contributed by atoms with Crippen molar-refractivity contribution in [3.63, 3.8) is 0 Å². The summed E-state index contributed by atoms with van der Waals surface area (Å²) in [5, 5.41) is 6.59. The Morgan fingerprint density at radius 3 is 3.00 bits per heavy atom. The van der Waals surface area contributed by atoms with Crippen molar-refractivity contribution in [1.82, 2.24) is 10.3 Å². The lowest BCUT2D eigenvalue weighted by atomic mass is 10.1. The first kappa shape index (κ1) is 11.2. The van der Waals surface area contributed by atoms with E-state index in [4.69, 9.17) is 0 Å². The Hall–Kier alpha value is -1.29. The number of hydrogen-bond donors (Lipinski definition) is 2. The van der Waals surface area contributed by atoms with Gasteiger partial charge in [0, 0.05) is 43.6 Å². The van der Waals surface area contributed by atoms with Crippen molar-refractivity contribution >= 4 is 11.5 Å². The fraction of sp³-hybridized carbons (Fsp3) is 0.583. The Morgan fingerprint density at radius 1 is 1.50 bits per heavy atom. The molecule has 1 aromatic rings. The highest BCUT2D eigenvalue weighted by Gasteiger charge is 2.25. The molecule has 0 atom stereocenters. The minimum Gasteiger partial charge on any atom is -0.370 e. The number of rotatable bonds is 5. The van der Waals surface area contributed by atoms with Crippen LogP contribution in [0.4, 0.5) is 11.5 Å². The highest BCUT2D eigenvalue weighted by Crippen LogP contribution is 2.22. The molecule has 0 spiro atoms. The fourth-order valence-corrected chi connectivity index (χ4v) is 1.84. The Bertz CT molecular complexity index is 334. The lowest BCUT2D eigenvalue weighted by molar-refractivity contribution is 0.450. The van der Waals surface area contributed by atoms with Crippen molar-refractivity contribution in [3.05, 3.63) is 18.3 Å². The van der Waals surface area contributed by atoms with Gasteiger partial charge in [-0.3, -0.25) is 0 Å². The van der Waals surface area contributed by atoms with Gasteiger partial charge in [-0.1, -0.05) is 6.92 Å². The van der Waals surface area contributed by atoms with Crippen LogP contribution < -0.4 is 15.5 Å². The smallest absolute Gasteiger partial charge is 0.127 e. The number of aromatic nitrogens is 1. The van der Waals surface area contributed by atoms with Gasteiger partial charge in [0.25, 0.3) is 0 Å². The number of likely N-dealkylation sites (N-methyl/N-ethyl adjacent to an activating group) is 1. The lowest BCUT2D eigenvalue weighted by Gasteiger charge is -2.40. The van der Waals surface area contributed by atoms with Gasteiger partial charge in [-0.2, -0.15) is 0 Å². The number of nitrogens with one attached hydrogen (secondary N) is 2. The molecule has 1 aliphatic heterocycles. The molecular formula is C12H20N4. The van der Waals surface area contributed by atoms with Crippen molar-refractivity contribution in [2.24, 2.45) is 0 Å². The number of pyridine rings is 1. The number of hydrogen-bond acceptors (Lipinski definition) is 4. The molecule has 2 N–H and O–H groups in total. The van der Waals surface area contributed by atoms with E-state index in [-0.39, 0.29) is 0 Å². The first-order valence-electron chi connectivity index (χ1n) is 5.95. The van der Waals surface area contributed by atoms with E-state index in [1.807, 2.05) is 13.2 Å². The molecule has 0 aliphatic carbocycles. The average molecular weight is 220 g/mol. The second-order valence-electron chi connectivity index (χ2n) is 4.22. The molecule has 0 unspecified atom stereocenters. The topological polar surface area (TPSA) is 40.2 Å². The molecule has 1 fully saturated rings. The summed E-state index contributed by atoms with van der Waals surface area (Å²) in [6.07, 6.45) is 3.00. The van der Waals surface area contributed by atoms with Gasteiger partial charge in [-0.15, -0.1) is 0 Å².